The van der Waals surface area contributed by atoms with Gasteiger partial charge in [0.05, 0.1) is 33.2 Å². The molecule has 0 N–H and O–H groups in total. The molecule has 10 aromatic carbocycles. The van der Waals surface area contributed by atoms with Crippen LogP contribution in [0.1, 0.15) is 0 Å². The first-order chi connectivity index (χ1) is 31.2. The zero-order chi connectivity index (χ0) is 41.4. The first kappa shape index (κ1) is 35.2. The van der Waals surface area contributed by atoms with Gasteiger partial charge >= 0.3 is 0 Å². The number of fused-ring (bicyclic) bond motifs is 10. The van der Waals surface area contributed by atoms with Crippen LogP contribution in [0, 0.1) is 0 Å². The fourth-order valence-corrected chi connectivity index (χ4v) is 9.76. The minimum Gasteiger partial charge on any atom is -0.456 e. The highest BCUT2D eigenvalue weighted by Crippen LogP contribution is 2.47. The fraction of sp³-hybridized carbons (Fsp3) is 0. The van der Waals surface area contributed by atoms with E-state index in [1.165, 1.54) is 16.2 Å². The smallest absolute Gasteiger partial charge is 0.137 e. The summed E-state index contributed by atoms with van der Waals surface area (Å²) in [7, 11) is 0. The zero-order valence-electron chi connectivity index (χ0n) is 34.0. The van der Waals surface area contributed by atoms with Crippen molar-refractivity contribution in [2.45, 2.75) is 0 Å². The molecule has 0 bridgehead atoms. The number of nitrogens with zero attached hydrogens (tertiary/aromatic N) is 3. The third-order valence-corrected chi connectivity index (χ3v) is 12.5. The Labute approximate surface area is 362 Å². The topological polar surface area (TPSA) is 37.7 Å². The third-order valence-electron chi connectivity index (χ3n) is 12.5. The Morgan fingerprint density at radius 2 is 0.794 bits per heavy atom. The van der Waals surface area contributed by atoms with Gasteiger partial charge in [-0.1, -0.05) is 115 Å². The maximum Gasteiger partial charge on any atom is 0.137 e. The van der Waals surface area contributed by atoms with Crippen LogP contribution in [0.2, 0.25) is 0 Å². The molecule has 5 nitrogen and oxygen atoms in total. The van der Waals surface area contributed by atoms with Crippen molar-refractivity contribution < 1.29 is 8.83 Å². The highest BCUT2D eigenvalue weighted by Gasteiger charge is 2.23. The van der Waals surface area contributed by atoms with Crippen molar-refractivity contribution in [3.8, 4) is 5.69 Å². The molecule has 0 saturated heterocycles. The van der Waals surface area contributed by atoms with Gasteiger partial charge in [-0.25, -0.2) is 0 Å². The maximum atomic E-state index is 6.41. The lowest BCUT2D eigenvalue weighted by molar-refractivity contribution is 0.668. The van der Waals surface area contributed by atoms with Crippen LogP contribution < -0.4 is 9.80 Å². The van der Waals surface area contributed by atoms with Crippen LogP contribution in [-0.2, 0) is 0 Å². The van der Waals surface area contributed by atoms with E-state index in [1.807, 2.05) is 24.3 Å². The molecule has 3 aromatic heterocycles. The van der Waals surface area contributed by atoms with Crippen molar-refractivity contribution in [1.29, 1.82) is 0 Å². The lowest BCUT2D eigenvalue weighted by Crippen LogP contribution is -2.10. The summed E-state index contributed by atoms with van der Waals surface area (Å²) in [6, 6.07) is 79.8. The Morgan fingerprint density at radius 1 is 0.302 bits per heavy atom. The molecule has 0 saturated carbocycles. The molecule has 0 amide bonds. The average molecular weight is 808 g/mol. The van der Waals surface area contributed by atoms with Gasteiger partial charge in [0.25, 0.3) is 0 Å². The number of benzene rings is 10. The van der Waals surface area contributed by atoms with Crippen LogP contribution in [0.25, 0.3) is 82.1 Å². The van der Waals surface area contributed by atoms with Gasteiger partial charge in [0, 0.05) is 50.0 Å². The summed E-state index contributed by atoms with van der Waals surface area (Å²) in [6.07, 6.45) is 0. The van der Waals surface area contributed by atoms with Gasteiger partial charge in [-0.05, 0) is 120 Å². The van der Waals surface area contributed by atoms with Crippen molar-refractivity contribution in [3.05, 3.63) is 224 Å². The van der Waals surface area contributed by atoms with Gasteiger partial charge in [-0.15, -0.1) is 0 Å². The van der Waals surface area contributed by atoms with E-state index in [-0.39, 0.29) is 0 Å². The number of hydrogen-bond acceptors (Lipinski definition) is 4. The quantitative estimate of drug-likeness (QED) is 0.161. The minimum atomic E-state index is 0.862. The fourth-order valence-electron chi connectivity index (χ4n) is 9.76. The van der Waals surface area contributed by atoms with Crippen LogP contribution in [0.5, 0.6) is 0 Å². The first-order valence-electron chi connectivity index (χ1n) is 21.3. The molecule has 0 aliphatic carbocycles. The second-order valence-corrected chi connectivity index (χ2v) is 16.1. The van der Waals surface area contributed by atoms with Crippen LogP contribution in [0.15, 0.2) is 233 Å². The number of rotatable bonds is 7. The van der Waals surface area contributed by atoms with Gasteiger partial charge in [0.15, 0.2) is 0 Å². The normalized spacial score (nSPS) is 11.8. The molecule has 0 unspecified atom stereocenters. The summed E-state index contributed by atoms with van der Waals surface area (Å²) in [5.74, 6) is 0. The molecule has 13 aromatic rings. The standard InChI is InChI=1S/C58H37N3O2/c1-4-16-40(17-5-1)59(49-24-14-28-55-57(49)46-22-10-12-26-53(46)62-55)43-31-30-38-35-48-45-33-32-44(37-52(45)61(42-20-8-3-9-21-42)51(48)36-39(38)34-43)60(41-18-6-2-7-19-41)50-25-15-29-56-58(50)47-23-11-13-27-54(47)63-56/h1-37H. The predicted octanol–water partition coefficient (Wildman–Crippen LogP) is 16.7. The van der Waals surface area contributed by atoms with Crippen molar-refractivity contribution in [2.24, 2.45) is 0 Å². The van der Waals surface area contributed by atoms with Crippen molar-refractivity contribution in [3.63, 3.8) is 0 Å². The summed E-state index contributed by atoms with van der Waals surface area (Å²) in [6.45, 7) is 0. The molecule has 296 valence electrons. The molecule has 0 spiro atoms. The number of hydrogen-bond donors (Lipinski definition) is 0. The molecule has 0 radical (unpaired) electrons. The highest BCUT2D eigenvalue weighted by atomic mass is 16.3. The first-order valence-corrected chi connectivity index (χ1v) is 21.3. The number of furan rings is 2. The monoisotopic (exact) mass is 807 g/mol. The van der Waals surface area contributed by atoms with E-state index in [9.17, 15) is 0 Å². The Kier molecular flexibility index (Phi) is 7.84. The Hall–Kier alpha value is -8.54. The molecule has 0 atom stereocenters. The second-order valence-electron chi connectivity index (χ2n) is 16.1. The third kappa shape index (κ3) is 5.57. The van der Waals surface area contributed by atoms with Gasteiger partial charge in [0.1, 0.15) is 22.3 Å². The molecule has 13 rings (SSSR count). The van der Waals surface area contributed by atoms with E-state index in [1.54, 1.807) is 0 Å². The highest BCUT2D eigenvalue weighted by molar-refractivity contribution is 6.17. The summed E-state index contributed by atoms with van der Waals surface area (Å²) in [5, 5.41) is 9.08. The van der Waals surface area contributed by atoms with Crippen molar-refractivity contribution >= 4 is 111 Å². The van der Waals surface area contributed by atoms with E-state index >= 15 is 0 Å². The largest absolute Gasteiger partial charge is 0.456 e. The SMILES string of the molecule is c1ccc(N(c2ccc3cc4c5ccc(N(c6ccccc6)c6cccc7oc8ccccc8c67)cc5n(-c5ccccc5)c4cc3c2)c2cccc3oc4ccccc4c23)cc1. The summed E-state index contributed by atoms with van der Waals surface area (Å²) < 4.78 is 15.2. The lowest BCUT2D eigenvalue weighted by Gasteiger charge is -2.26. The zero-order valence-corrected chi connectivity index (χ0v) is 34.0. The van der Waals surface area contributed by atoms with E-state index in [2.05, 4.69) is 215 Å². The summed E-state index contributed by atoms with van der Waals surface area (Å²) in [4.78, 5) is 4.72. The molecule has 0 aliphatic heterocycles. The molecule has 0 aliphatic rings. The molecular weight excluding hydrogens is 771 g/mol. The van der Waals surface area contributed by atoms with Crippen LogP contribution >= 0.6 is 0 Å². The predicted molar refractivity (Wildman–Crippen MR) is 262 cm³/mol. The number of anilines is 6. The Morgan fingerprint density at radius 3 is 1.40 bits per heavy atom. The Balaban J connectivity index is 1.04. The molecular formula is C58H37N3O2. The second kappa shape index (κ2) is 14.0. The van der Waals surface area contributed by atoms with Crippen LogP contribution in [0.3, 0.4) is 0 Å². The summed E-state index contributed by atoms with van der Waals surface area (Å²) >= 11 is 0. The van der Waals surface area contributed by atoms with E-state index in [0.717, 1.165) is 100 Å². The van der Waals surface area contributed by atoms with Gasteiger partial charge in [0.2, 0.25) is 0 Å². The van der Waals surface area contributed by atoms with Gasteiger partial charge in [-0.3, -0.25) is 0 Å². The summed E-state index contributed by atoms with van der Waals surface area (Å²) in [5.41, 5.74) is 13.2. The van der Waals surface area contributed by atoms with E-state index in [0.29, 0.717) is 0 Å². The van der Waals surface area contributed by atoms with Crippen molar-refractivity contribution in [1.82, 2.24) is 4.57 Å². The molecule has 5 heteroatoms. The Bertz CT molecular complexity index is 3870. The van der Waals surface area contributed by atoms with Crippen molar-refractivity contribution in [2.75, 3.05) is 9.80 Å². The van der Waals surface area contributed by atoms with E-state index in [4.69, 9.17) is 8.83 Å². The van der Waals surface area contributed by atoms with Crippen LogP contribution in [0.4, 0.5) is 34.1 Å². The molecule has 63 heavy (non-hydrogen) atoms. The molecule has 3 heterocycles. The van der Waals surface area contributed by atoms with Crippen LogP contribution in [-0.4, -0.2) is 4.57 Å². The maximum absolute atomic E-state index is 6.41. The average Bonchev–Trinajstić information content (AvgIpc) is 4.02. The van der Waals surface area contributed by atoms with Gasteiger partial charge in [-0.2, -0.15) is 0 Å². The lowest BCUT2D eigenvalue weighted by atomic mass is 10.0. The van der Waals surface area contributed by atoms with E-state index < -0.39 is 0 Å². The minimum absolute atomic E-state index is 0.862. The number of para-hydroxylation sites is 5. The molecule has 0 fully saturated rings. The number of aromatic nitrogens is 1. The van der Waals surface area contributed by atoms with Gasteiger partial charge < -0.3 is 23.2 Å².